The summed E-state index contributed by atoms with van der Waals surface area (Å²) in [6.07, 6.45) is 4.42. The number of nitrogens with zero attached hydrogens (tertiary/aromatic N) is 3. The van der Waals surface area contributed by atoms with Crippen molar-refractivity contribution in [3.05, 3.63) is 87.5 Å². The summed E-state index contributed by atoms with van der Waals surface area (Å²) >= 11 is 0. The number of aromatic nitrogens is 2. The molecule has 1 aliphatic heterocycles. The summed E-state index contributed by atoms with van der Waals surface area (Å²) in [6.45, 7) is 4.44. The Morgan fingerprint density at radius 1 is 1.20 bits per heavy atom. The van der Waals surface area contributed by atoms with Gasteiger partial charge in [-0.2, -0.15) is 0 Å². The number of rotatable bonds is 6. The number of allylic oxidation sites excluding steroid dienone is 1. The second kappa shape index (κ2) is 8.63. The van der Waals surface area contributed by atoms with Crippen LogP contribution in [0.4, 0.5) is 0 Å². The average molecular weight is 402 g/mol. The van der Waals surface area contributed by atoms with E-state index in [-0.39, 0.29) is 5.56 Å². The standard InChI is InChI=1S/C24H27N5O/c1-17(25)13-19(26-2)15-28-12-10-20-21-9-6-11-27-23(21)29(24(30)22(20)16-28)14-18-7-4-3-5-8-18/h3-9,11,13,25-26H,10,12,14-16H2,1-2H3/b19-13-,25-17?. The molecule has 0 spiro atoms. The molecule has 3 aromatic rings. The first-order valence-corrected chi connectivity index (χ1v) is 10.3. The van der Waals surface area contributed by atoms with Gasteiger partial charge in [-0.05, 0) is 42.7 Å². The second-order valence-electron chi connectivity index (χ2n) is 7.77. The summed E-state index contributed by atoms with van der Waals surface area (Å²) in [5, 5.41) is 12.0. The maximum Gasteiger partial charge on any atom is 0.257 e. The Labute approximate surface area is 176 Å². The highest BCUT2D eigenvalue weighted by Gasteiger charge is 2.24. The zero-order valence-electron chi connectivity index (χ0n) is 17.5. The monoisotopic (exact) mass is 401 g/mol. The summed E-state index contributed by atoms with van der Waals surface area (Å²) < 4.78 is 1.81. The molecule has 30 heavy (non-hydrogen) atoms. The lowest BCUT2D eigenvalue weighted by Gasteiger charge is -2.30. The summed E-state index contributed by atoms with van der Waals surface area (Å²) in [4.78, 5) is 20.4. The highest BCUT2D eigenvalue weighted by molar-refractivity contribution is 5.90. The Morgan fingerprint density at radius 2 is 2.00 bits per heavy atom. The van der Waals surface area contributed by atoms with Crippen molar-refractivity contribution in [2.24, 2.45) is 0 Å². The molecule has 0 saturated heterocycles. The van der Waals surface area contributed by atoms with Crippen molar-refractivity contribution in [2.75, 3.05) is 20.1 Å². The number of benzene rings is 1. The molecule has 3 heterocycles. The zero-order valence-corrected chi connectivity index (χ0v) is 17.5. The van der Waals surface area contributed by atoms with Crippen LogP contribution in [-0.4, -0.2) is 40.3 Å². The Bertz CT molecular complexity index is 1160. The van der Waals surface area contributed by atoms with E-state index in [4.69, 9.17) is 5.41 Å². The molecule has 0 unspecified atom stereocenters. The van der Waals surface area contributed by atoms with Crippen LogP contribution in [0.15, 0.2) is 65.2 Å². The maximum absolute atomic E-state index is 13.5. The first-order valence-electron chi connectivity index (χ1n) is 10.3. The third-order valence-electron chi connectivity index (χ3n) is 5.58. The molecular formula is C24H27N5O. The molecule has 1 aliphatic rings. The molecule has 6 nitrogen and oxygen atoms in total. The minimum absolute atomic E-state index is 0.0444. The van der Waals surface area contributed by atoms with E-state index in [0.29, 0.717) is 25.3 Å². The van der Waals surface area contributed by atoms with Gasteiger partial charge in [0.1, 0.15) is 5.65 Å². The van der Waals surface area contributed by atoms with Crippen LogP contribution in [0.25, 0.3) is 11.0 Å². The van der Waals surface area contributed by atoms with Gasteiger partial charge in [-0.15, -0.1) is 0 Å². The summed E-state index contributed by atoms with van der Waals surface area (Å²) in [7, 11) is 1.87. The van der Waals surface area contributed by atoms with E-state index in [2.05, 4.69) is 21.3 Å². The Kier molecular flexibility index (Phi) is 5.77. The molecule has 0 amide bonds. The second-order valence-corrected chi connectivity index (χ2v) is 7.77. The Hall–Kier alpha value is -3.25. The third-order valence-corrected chi connectivity index (χ3v) is 5.58. The summed E-state index contributed by atoms with van der Waals surface area (Å²) in [5.41, 5.74) is 5.37. The average Bonchev–Trinajstić information content (AvgIpc) is 2.76. The maximum atomic E-state index is 13.5. The number of likely N-dealkylation sites (N-methyl/N-ethyl adjacent to an activating group) is 1. The number of fused-ring (bicyclic) bond motifs is 3. The van der Waals surface area contributed by atoms with E-state index >= 15 is 0 Å². The first-order chi connectivity index (χ1) is 14.6. The zero-order chi connectivity index (χ0) is 21.1. The minimum atomic E-state index is 0.0444. The number of nitrogens with one attached hydrogen (secondary N) is 2. The topological polar surface area (TPSA) is 74.0 Å². The van der Waals surface area contributed by atoms with Gasteiger partial charge >= 0.3 is 0 Å². The highest BCUT2D eigenvalue weighted by Crippen LogP contribution is 2.25. The van der Waals surface area contributed by atoms with Crippen LogP contribution in [0, 0.1) is 5.41 Å². The largest absolute Gasteiger partial charge is 0.390 e. The molecule has 1 aromatic carbocycles. The summed E-state index contributed by atoms with van der Waals surface area (Å²) in [5.74, 6) is 0. The van der Waals surface area contributed by atoms with E-state index < -0.39 is 0 Å². The van der Waals surface area contributed by atoms with Crippen LogP contribution >= 0.6 is 0 Å². The quantitative estimate of drug-likeness (QED) is 0.623. The van der Waals surface area contributed by atoms with Gasteiger partial charge < -0.3 is 10.7 Å². The molecule has 0 radical (unpaired) electrons. The lowest BCUT2D eigenvalue weighted by molar-refractivity contribution is 0.270. The normalized spacial score (nSPS) is 14.5. The fraction of sp³-hybridized carbons (Fsp3) is 0.292. The lowest BCUT2D eigenvalue weighted by Crippen LogP contribution is -2.39. The number of hydrogen-bond acceptors (Lipinski definition) is 5. The van der Waals surface area contributed by atoms with Crippen LogP contribution in [0.3, 0.4) is 0 Å². The number of hydrogen-bond donors (Lipinski definition) is 2. The van der Waals surface area contributed by atoms with E-state index in [1.165, 1.54) is 0 Å². The van der Waals surface area contributed by atoms with Crippen molar-refractivity contribution in [3.63, 3.8) is 0 Å². The van der Waals surface area contributed by atoms with Crippen molar-refractivity contribution in [1.29, 1.82) is 5.41 Å². The first kappa shape index (κ1) is 20.0. The molecular weight excluding hydrogens is 374 g/mol. The summed E-state index contributed by atoms with van der Waals surface area (Å²) in [6, 6.07) is 14.1. The lowest BCUT2D eigenvalue weighted by atomic mass is 9.97. The van der Waals surface area contributed by atoms with E-state index in [1.807, 2.05) is 54.1 Å². The van der Waals surface area contributed by atoms with E-state index in [9.17, 15) is 4.79 Å². The number of pyridine rings is 2. The van der Waals surface area contributed by atoms with Gasteiger partial charge in [0.25, 0.3) is 5.56 Å². The molecule has 154 valence electrons. The third kappa shape index (κ3) is 4.04. The van der Waals surface area contributed by atoms with Gasteiger partial charge in [0, 0.05) is 55.2 Å². The molecule has 0 bridgehead atoms. The van der Waals surface area contributed by atoms with Gasteiger partial charge in [-0.3, -0.25) is 14.3 Å². The van der Waals surface area contributed by atoms with Gasteiger partial charge in [0.15, 0.2) is 0 Å². The van der Waals surface area contributed by atoms with E-state index in [1.54, 1.807) is 13.1 Å². The van der Waals surface area contributed by atoms with Crippen molar-refractivity contribution >= 4 is 16.7 Å². The Morgan fingerprint density at radius 3 is 2.73 bits per heavy atom. The van der Waals surface area contributed by atoms with Crippen molar-refractivity contribution in [3.8, 4) is 0 Å². The van der Waals surface area contributed by atoms with Crippen molar-refractivity contribution < 1.29 is 0 Å². The van der Waals surface area contributed by atoms with Crippen molar-refractivity contribution in [1.82, 2.24) is 19.8 Å². The minimum Gasteiger partial charge on any atom is -0.390 e. The predicted molar refractivity (Wildman–Crippen MR) is 121 cm³/mol. The van der Waals surface area contributed by atoms with Crippen LogP contribution < -0.4 is 10.9 Å². The molecule has 2 N–H and O–H groups in total. The fourth-order valence-corrected chi connectivity index (χ4v) is 4.17. The molecule has 0 aliphatic carbocycles. The molecule has 4 rings (SSSR count). The highest BCUT2D eigenvalue weighted by atomic mass is 16.1. The smallest absolute Gasteiger partial charge is 0.257 e. The van der Waals surface area contributed by atoms with Crippen LogP contribution in [0.2, 0.25) is 0 Å². The van der Waals surface area contributed by atoms with Crippen molar-refractivity contribution in [2.45, 2.75) is 26.4 Å². The molecule has 0 fully saturated rings. The SMILES string of the molecule is CN/C(=C\C(C)=N)CN1CCc2c(c(=O)n(Cc3ccccc3)c3ncccc23)C1. The van der Waals surface area contributed by atoms with Crippen LogP contribution in [-0.2, 0) is 19.5 Å². The molecule has 0 saturated carbocycles. The molecule has 0 atom stereocenters. The van der Waals surface area contributed by atoms with E-state index in [0.717, 1.165) is 46.4 Å². The Balaban J connectivity index is 1.75. The molecule has 6 heteroatoms. The van der Waals surface area contributed by atoms with Gasteiger partial charge in [-0.1, -0.05) is 30.3 Å². The van der Waals surface area contributed by atoms with Crippen LogP contribution in [0.1, 0.15) is 23.6 Å². The van der Waals surface area contributed by atoms with Crippen LogP contribution in [0.5, 0.6) is 0 Å². The van der Waals surface area contributed by atoms with Gasteiger partial charge in [0.2, 0.25) is 0 Å². The molecule has 2 aromatic heterocycles. The predicted octanol–water partition coefficient (Wildman–Crippen LogP) is 2.95. The van der Waals surface area contributed by atoms with Gasteiger partial charge in [0.05, 0.1) is 6.54 Å². The fourth-order valence-electron chi connectivity index (χ4n) is 4.17. The van der Waals surface area contributed by atoms with Gasteiger partial charge in [-0.25, -0.2) is 4.98 Å².